The second kappa shape index (κ2) is 23.6. The van der Waals surface area contributed by atoms with Crippen molar-refractivity contribution in [3.8, 4) is 0 Å². The molecule has 3 aromatic carbocycles. The van der Waals surface area contributed by atoms with Gasteiger partial charge in [-0.05, 0) is 52.9 Å². The molecule has 5 rings (SSSR count). The summed E-state index contributed by atoms with van der Waals surface area (Å²) in [6, 6.07) is 17.2. The highest BCUT2D eigenvalue weighted by molar-refractivity contribution is 7.61. The van der Waals surface area contributed by atoms with Crippen molar-refractivity contribution in [1.29, 1.82) is 0 Å². The Morgan fingerprint density at radius 3 is 1.89 bits per heavy atom. The molecule has 0 bridgehead atoms. The van der Waals surface area contributed by atoms with Gasteiger partial charge >= 0.3 is 15.6 Å². The summed E-state index contributed by atoms with van der Waals surface area (Å²) in [6.07, 6.45) is -8.29. The quantitative estimate of drug-likeness (QED) is 0.0353. The Morgan fingerprint density at radius 2 is 1.29 bits per heavy atom. The lowest BCUT2D eigenvalue weighted by molar-refractivity contribution is -0.340. The number of aliphatic hydroxyl groups is 6. The number of phosphoric ester groups is 2. The smallest absolute Gasteiger partial charge is 0.394 e. The van der Waals surface area contributed by atoms with Crippen LogP contribution in [0.2, 0.25) is 0 Å². The SMILES string of the molecule is CC(=O)N[C@H]1[C@@H](OP(=O)(O)OP(=O)(O)OCCCCCCCCCCC(C)OCc2c3ccccc3cc3ccccc23)O[C@H](CO)[C@H](O)[C@@H]1O[C@@H]1O[C@H](CO)[C@H](O)[C@H](O)[C@H]1O. The largest absolute Gasteiger partial charge is 0.483 e. The standard InChI is InChI=1S/C41H61NO18P2/c1-25(54-24-31-29-18-12-10-16-27(29)21-28-17-11-13-19-30(28)31)15-9-7-5-3-4-6-8-14-20-55-61(50,51)60-62(52,53)59-40-34(42-26(2)45)39(36(47)33(23-44)56-40)58-41-38(49)37(48)35(46)32(22-43)57-41/h10-13,16-19,21,25,32-41,43-44,46-49H,3-9,14-15,20,22-24H2,1-2H3,(H,42,45)(H,50,51)(H,52,53)/t25?,32-,33-,34-,35+,36+,37+,38-,39-,40-,41+/m1/s1. The molecule has 348 valence electrons. The lowest BCUT2D eigenvalue weighted by atomic mass is 9.95. The predicted octanol–water partition coefficient (Wildman–Crippen LogP) is 3.43. The third-order valence-electron chi connectivity index (χ3n) is 11.0. The Bertz CT molecular complexity index is 1920. The summed E-state index contributed by atoms with van der Waals surface area (Å²) in [4.78, 5) is 32.8. The fraction of sp³-hybridized carbons (Fsp3) is 0.634. The van der Waals surface area contributed by atoms with Crippen molar-refractivity contribution >= 4 is 43.1 Å². The lowest BCUT2D eigenvalue weighted by Crippen LogP contribution is -2.68. The van der Waals surface area contributed by atoms with Crippen molar-refractivity contribution in [1.82, 2.24) is 5.32 Å². The summed E-state index contributed by atoms with van der Waals surface area (Å²) in [6.45, 7) is 1.62. The van der Waals surface area contributed by atoms with E-state index in [1.165, 1.54) is 27.1 Å². The molecule has 19 nitrogen and oxygen atoms in total. The van der Waals surface area contributed by atoms with Gasteiger partial charge in [0.15, 0.2) is 12.6 Å². The van der Waals surface area contributed by atoms with Gasteiger partial charge in [-0.15, -0.1) is 0 Å². The second-order valence-electron chi connectivity index (χ2n) is 15.7. The molecular formula is C41H61NO18P2. The van der Waals surface area contributed by atoms with E-state index in [1.807, 2.05) is 12.1 Å². The van der Waals surface area contributed by atoms with Crippen LogP contribution in [0.15, 0.2) is 54.6 Å². The molecule has 62 heavy (non-hydrogen) atoms. The molecule has 0 aromatic heterocycles. The van der Waals surface area contributed by atoms with E-state index in [1.54, 1.807) is 0 Å². The van der Waals surface area contributed by atoms with Crippen LogP contribution >= 0.6 is 15.6 Å². The highest BCUT2D eigenvalue weighted by Crippen LogP contribution is 2.61. The van der Waals surface area contributed by atoms with Crippen molar-refractivity contribution in [2.24, 2.45) is 0 Å². The Balaban J connectivity index is 0.998. The van der Waals surface area contributed by atoms with Gasteiger partial charge in [-0.25, -0.2) is 9.13 Å². The summed E-state index contributed by atoms with van der Waals surface area (Å²) < 4.78 is 62.6. The molecule has 13 atom stereocenters. The van der Waals surface area contributed by atoms with Crippen molar-refractivity contribution in [2.45, 2.75) is 146 Å². The van der Waals surface area contributed by atoms with Crippen LogP contribution in [0.3, 0.4) is 0 Å². The van der Waals surface area contributed by atoms with Gasteiger partial charge in [-0.3, -0.25) is 13.8 Å². The van der Waals surface area contributed by atoms with E-state index in [0.29, 0.717) is 19.4 Å². The van der Waals surface area contributed by atoms with Crippen LogP contribution in [0, 0.1) is 0 Å². The van der Waals surface area contributed by atoms with Crippen LogP contribution in [0.5, 0.6) is 0 Å². The maximum atomic E-state index is 13.0. The molecule has 0 saturated carbocycles. The van der Waals surface area contributed by atoms with E-state index in [0.717, 1.165) is 51.9 Å². The summed E-state index contributed by atoms with van der Waals surface area (Å²) >= 11 is 0. The minimum atomic E-state index is -5.58. The Labute approximate surface area is 360 Å². The number of benzene rings is 3. The highest BCUT2D eigenvalue weighted by atomic mass is 31.3. The predicted molar refractivity (Wildman–Crippen MR) is 223 cm³/mol. The molecule has 0 radical (unpaired) electrons. The molecule has 2 fully saturated rings. The number of carbonyl (C=O) groups is 1. The van der Waals surface area contributed by atoms with E-state index in [4.69, 9.17) is 28.0 Å². The molecule has 0 aliphatic carbocycles. The summed E-state index contributed by atoms with van der Waals surface area (Å²) in [5.41, 5.74) is 1.20. The monoisotopic (exact) mass is 917 g/mol. The molecule has 2 aliphatic rings. The maximum Gasteiger partial charge on any atom is 0.483 e. The minimum Gasteiger partial charge on any atom is -0.394 e. The van der Waals surface area contributed by atoms with Gasteiger partial charge < -0.3 is 64.7 Å². The number of hydrogen-bond acceptors (Lipinski definition) is 16. The number of unbranched alkanes of at least 4 members (excludes halogenated alkanes) is 7. The lowest BCUT2D eigenvalue weighted by Gasteiger charge is -2.47. The molecular weight excluding hydrogens is 856 g/mol. The number of ether oxygens (including phenoxy) is 4. The van der Waals surface area contributed by atoms with Crippen LogP contribution in [0.25, 0.3) is 21.5 Å². The Hall–Kier alpha value is -2.49. The van der Waals surface area contributed by atoms with Crippen molar-refractivity contribution < 1.29 is 86.7 Å². The summed E-state index contributed by atoms with van der Waals surface area (Å²) in [7, 11) is -10.8. The van der Waals surface area contributed by atoms with Gasteiger partial charge in [0.05, 0.1) is 32.5 Å². The van der Waals surface area contributed by atoms with Gasteiger partial charge in [-0.2, -0.15) is 4.31 Å². The molecule has 1 amide bonds. The number of phosphoric acid groups is 2. The zero-order chi connectivity index (χ0) is 45.0. The molecule has 2 saturated heterocycles. The van der Waals surface area contributed by atoms with Crippen LogP contribution < -0.4 is 5.32 Å². The van der Waals surface area contributed by atoms with E-state index in [9.17, 15) is 54.4 Å². The third kappa shape index (κ3) is 14.0. The first kappa shape index (κ1) is 50.5. The summed E-state index contributed by atoms with van der Waals surface area (Å²) in [5.74, 6) is -0.813. The fourth-order valence-corrected chi connectivity index (χ4v) is 9.88. The van der Waals surface area contributed by atoms with Gasteiger partial charge in [0.2, 0.25) is 5.91 Å². The molecule has 21 heteroatoms. The normalized spacial score (nSPS) is 29.3. The van der Waals surface area contributed by atoms with Gasteiger partial charge in [0.25, 0.3) is 0 Å². The number of rotatable bonds is 24. The van der Waals surface area contributed by atoms with E-state index in [-0.39, 0.29) is 12.7 Å². The van der Waals surface area contributed by atoms with Gasteiger partial charge in [-0.1, -0.05) is 93.5 Å². The number of aliphatic hydroxyl groups excluding tert-OH is 6. The van der Waals surface area contributed by atoms with Crippen molar-refractivity contribution in [3.63, 3.8) is 0 Å². The van der Waals surface area contributed by atoms with Gasteiger partial charge in [0.1, 0.15) is 48.8 Å². The zero-order valence-corrected chi connectivity index (χ0v) is 36.6. The zero-order valence-electron chi connectivity index (χ0n) is 34.8. The van der Waals surface area contributed by atoms with E-state index in [2.05, 4.69) is 59.0 Å². The Morgan fingerprint density at radius 1 is 0.742 bits per heavy atom. The second-order valence-corrected chi connectivity index (χ2v) is 18.7. The fourth-order valence-electron chi connectivity index (χ4n) is 7.69. The number of carbonyl (C=O) groups excluding carboxylic acids is 1. The average Bonchev–Trinajstić information content (AvgIpc) is 3.22. The molecule has 0 spiro atoms. The number of amides is 1. The first-order valence-corrected chi connectivity index (χ1v) is 23.9. The number of fused-ring (bicyclic) bond motifs is 2. The first-order valence-electron chi connectivity index (χ1n) is 20.9. The minimum absolute atomic E-state index is 0.111. The highest BCUT2D eigenvalue weighted by Gasteiger charge is 2.53. The molecule has 3 aromatic rings. The third-order valence-corrected chi connectivity index (χ3v) is 13.6. The van der Waals surface area contributed by atoms with Gasteiger partial charge in [0, 0.05) is 6.92 Å². The van der Waals surface area contributed by atoms with Crippen LogP contribution in [0.1, 0.15) is 77.2 Å². The molecule has 9 N–H and O–H groups in total. The average molecular weight is 918 g/mol. The molecule has 2 aliphatic heterocycles. The Kier molecular flexibility index (Phi) is 19.2. The molecule has 3 unspecified atom stereocenters. The van der Waals surface area contributed by atoms with Crippen molar-refractivity contribution in [3.05, 3.63) is 60.2 Å². The number of nitrogens with one attached hydrogen (secondary N) is 1. The summed E-state index contributed by atoms with van der Waals surface area (Å²) in [5, 5.41) is 68.2. The maximum absolute atomic E-state index is 13.0. The van der Waals surface area contributed by atoms with Crippen molar-refractivity contribution in [2.75, 3.05) is 19.8 Å². The number of hydrogen-bond donors (Lipinski definition) is 9. The van der Waals surface area contributed by atoms with Crippen LogP contribution in [-0.4, -0.2) is 134 Å². The first-order chi connectivity index (χ1) is 29.5. The van der Waals surface area contributed by atoms with E-state index < -0.39 is 96.1 Å². The molecule has 2 heterocycles. The van der Waals surface area contributed by atoms with E-state index >= 15 is 0 Å². The van der Waals surface area contributed by atoms with Crippen LogP contribution in [0.4, 0.5) is 0 Å². The van der Waals surface area contributed by atoms with Crippen LogP contribution in [-0.2, 0) is 52.8 Å². The topological polar surface area (TPSA) is 290 Å².